The van der Waals surface area contributed by atoms with Crippen molar-refractivity contribution in [1.29, 1.82) is 0 Å². The van der Waals surface area contributed by atoms with Gasteiger partial charge in [0.1, 0.15) is 17.6 Å². The second-order valence-electron chi connectivity index (χ2n) is 5.29. The highest BCUT2D eigenvalue weighted by molar-refractivity contribution is 6.06. The summed E-state index contributed by atoms with van der Waals surface area (Å²) >= 11 is 0. The molecular weight excluding hydrogens is 349 g/mol. The monoisotopic (exact) mass is 360 g/mol. The first kappa shape index (κ1) is 17.5. The molecule has 1 aromatic heterocycles. The molecule has 0 saturated carbocycles. The van der Waals surface area contributed by atoms with E-state index < -0.39 is 17.9 Å². The standard InChI is InChI=1S/C19H11F3O4/c20-19(21,22)26-14-8-5-12(6-9-14)16(23)10-7-13-11-25-17-4-2-1-3-15(17)18(13)24/h1-11H/b10-7+. The van der Waals surface area contributed by atoms with E-state index in [1.165, 1.54) is 24.5 Å². The molecule has 0 fully saturated rings. The third kappa shape index (κ3) is 4.00. The lowest BCUT2D eigenvalue weighted by Gasteiger charge is -2.08. The molecule has 0 bridgehead atoms. The lowest BCUT2D eigenvalue weighted by atomic mass is 10.1. The summed E-state index contributed by atoms with van der Waals surface area (Å²) in [7, 11) is 0. The number of fused-ring (bicyclic) bond motifs is 1. The molecule has 2 aromatic carbocycles. The van der Waals surface area contributed by atoms with Crippen molar-refractivity contribution in [3.05, 3.63) is 82.2 Å². The third-order valence-electron chi connectivity index (χ3n) is 3.49. The number of halogens is 3. The Morgan fingerprint density at radius 3 is 2.42 bits per heavy atom. The molecule has 0 saturated heterocycles. The van der Waals surface area contributed by atoms with Gasteiger partial charge in [-0.2, -0.15) is 0 Å². The summed E-state index contributed by atoms with van der Waals surface area (Å²) < 4.78 is 45.4. The topological polar surface area (TPSA) is 56.5 Å². The first-order valence-electron chi connectivity index (χ1n) is 7.42. The van der Waals surface area contributed by atoms with Gasteiger partial charge in [0.25, 0.3) is 0 Å². The molecule has 7 heteroatoms. The highest BCUT2D eigenvalue weighted by Gasteiger charge is 2.31. The fraction of sp³-hybridized carbons (Fsp3) is 0.0526. The van der Waals surface area contributed by atoms with Gasteiger partial charge in [-0.05, 0) is 48.6 Å². The van der Waals surface area contributed by atoms with Gasteiger partial charge in [0.2, 0.25) is 0 Å². The van der Waals surface area contributed by atoms with E-state index in [0.717, 1.165) is 18.2 Å². The Labute approximate surface area is 145 Å². The van der Waals surface area contributed by atoms with Crippen LogP contribution in [0.3, 0.4) is 0 Å². The summed E-state index contributed by atoms with van der Waals surface area (Å²) in [5, 5.41) is 0.385. The zero-order valence-corrected chi connectivity index (χ0v) is 13.1. The number of rotatable bonds is 4. The number of para-hydroxylation sites is 1. The van der Waals surface area contributed by atoms with Gasteiger partial charge < -0.3 is 9.15 Å². The molecule has 0 amide bonds. The molecule has 0 spiro atoms. The van der Waals surface area contributed by atoms with E-state index in [1.807, 2.05) is 0 Å². The van der Waals surface area contributed by atoms with Crippen molar-refractivity contribution in [3.8, 4) is 5.75 Å². The van der Waals surface area contributed by atoms with E-state index in [1.54, 1.807) is 24.3 Å². The fourth-order valence-corrected chi connectivity index (χ4v) is 2.29. The molecule has 132 valence electrons. The molecule has 3 aromatic rings. The maximum Gasteiger partial charge on any atom is 0.573 e. The Bertz CT molecular complexity index is 1030. The van der Waals surface area contributed by atoms with Crippen LogP contribution in [-0.2, 0) is 0 Å². The summed E-state index contributed by atoms with van der Waals surface area (Å²) in [4.78, 5) is 24.4. The number of hydrogen-bond donors (Lipinski definition) is 0. The molecule has 0 radical (unpaired) electrons. The van der Waals surface area contributed by atoms with Crippen LogP contribution in [0, 0.1) is 0 Å². The fourth-order valence-electron chi connectivity index (χ4n) is 2.29. The largest absolute Gasteiger partial charge is 0.573 e. The first-order valence-corrected chi connectivity index (χ1v) is 7.42. The highest BCUT2D eigenvalue weighted by Crippen LogP contribution is 2.23. The van der Waals surface area contributed by atoms with Crippen LogP contribution in [-0.4, -0.2) is 12.1 Å². The molecule has 4 nitrogen and oxygen atoms in total. The van der Waals surface area contributed by atoms with Gasteiger partial charge in [0.15, 0.2) is 11.2 Å². The molecule has 0 N–H and O–H groups in total. The van der Waals surface area contributed by atoms with Crippen molar-refractivity contribution in [2.45, 2.75) is 6.36 Å². The van der Waals surface area contributed by atoms with Crippen molar-refractivity contribution in [2.75, 3.05) is 0 Å². The van der Waals surface area contributed by atoms with Crippen LogP contribution < -0.4 is 10.2 Å². The predicted molar refractivity (Wildman–Crippen MR) is 89.0 cm³/mol. The van der Waals surface area contributed by atoms with Gasteiger partial charge in [-0.3, -0.25) is 9.59 Å². The van der Waals surface area contributed by atoms with Crippen LogP contribution in [0.15, 0.2) is 70.1 Å². The summed E-state index contributed by atoms with van der Waals surface area (Å²) in [6.07, 6.45) is -1.09. The second-order valence-corrected chi connectivity index (χ2v) is 5.29. The molecule has 0 aliphatic rings. The van der Waals surface area contributed by atoms with Crippen LogP contribution in [0.25, 0.3) is 17.0 Å². The van der Waals surface area contributed by atoms with E-state index in [-0.39, 0.29) is 16.6 Å². The average Bonchev–Trinajstić information content (AvgIpc) is 2.60. The maximum atomic E-state index is 12.3. The zero-order valence-electron chi connectivity index (χ0n) is 13.1. The van der Waals surface area contributed by atoms with E-state index in [9.17, 15) is 22.8 Å². The average molecular weight is 360 g/mol. The molecule has 0 unspecified atom stereocenters. The normalized spacial score (nSPS) is 11.8. The van der Waals surface area contributed by atoms with Crippen molar-refractivity contribution >= 4 is 22.8 Å². The van der Waals surface area contributed by atoms with Gasteiger partial charge >= 0.3 is 6.36 Å². The molecule has 26 heavy (non-hydrogen) atoms. The Hall–Kier alpha value is -3.35. The molecule has 1 heterocycles. The maximum absolute atomic E-state index is 12.3. The van der Waals surface area contributed by atoms with E-state index in [2.05, 4.69) is 4.74 Å². The first-order chi connectivity index (χ1) is 12.3. The van der Waals surface area contributed by atoms with Gasteiger partial charge in [-0.25, -0.2) is 0 Å². The van der Waals surface area contributed by atoms with Crippen molar-refractivity contribution in [3.63, 3.8) is 0 Å². The summed E-state index contributed by atoms with van der Waals surface area (Å²) in [6, 6.07) is 11.2. The number of hydrogen-bond acceptors (Lipinski definition) is 4. The van der Waals surface area contributed by atoms with Crippen LogP contribution in [0.5, 0.6) is 5.75 Å². The number of alkyl halides is 3. The van der Waals surface area contributed by atoms with Crippen LogP contribution in [0.4, 0.5) is 13.2 Å². The van der Waals surface area contributed by atoms with Crippen LogP contribution in [0.1, 0.15) is 15.9 Å². The number of ether oxygens (including phenoxy) is 1. The zero-order chi connectivity index (χ0) is 18.7. The van der Waals surface area contributed by atoms with Gasteiger partial charge in [0.05, 0.1) is 10.9 Å². The van der Waals surface area contributed by atoms with E-state index in [0.29, 0.717) is 11.0 Å². The predicted octanol–water partition coefficient (Wildman–Crippen LogP) is 4.59. The molecule has 0 aliphatic heterocycles. The van der Waals surface area contributed by atoms with Crippen molar-refractivity contribution in [2.24, 2.45) is 0 Å². The molecule has 0 aliphatic carbocycles. The SMILES string of the molecule is O=C(/C=C/c1coc2ccccc2c1=O)c1ccc(OC(F)(F)F)cc1. The number of allylic oxidation sites excluding steroid dienone is 1. The molecule has 3 rings (SSSR count). The smallest absolute Gasteiger partial charge is 0.463 e. The Balaban J connectivity index is 1.79. The van der Waals surface area contributed by atoms with Gasteiger partial charge in [0, 0.05) is 5.56 Å². The lowest BCUT2D eigenvalue weighted by molar-refractivity contribution is -0.274. The van der Waals surface area contributed by atoms with Crippen LogP contribution >= 0.6 is 0 Å². The Kier molecular flexibility index (Phi) is 4.62. The highest BCUT2D eigenvalue weighted by atomic mass is 19.4. The number of ketones is 1. The Morgan fingerprint density at radius 2 is 1.73 bits per heavy atom. The third-order valence-corrected chi connectivity index (χ3v) is 3.49. The van der Waals surface area contributed by atoms with Crippen molar-refractivity contribution in [1.82, 2.24) is 0 Å². The summed E-state index contributed by atoms with van der Waals surface area (Å²) in [6.45, 7) is 0. The minimum Gasteiger partial charge on any atom is -0.463 e. The second kappa shape index (κ2) is 6.87. The minimum atomic E-state index is -4.80. The number of benzene rings is 2. The summed E-state index contributed by atoms with van der Waals surface area (Å²) in [5.41, 5.74) is 0.487. The molecule has 0 atom stereocenters. The summed E-state index contributed by atoms with van der Waals surface area (Å²) in [5.74, 6) is -0.899. The Morgan fingerprint density at radius 1 is 1.04 bits per heavy atom. The van der Waals surface area contributed by atoms with Crippen LogP contribution in [0.2, 0.25) is 0 Å². The van der Waals surface area contributed by atoms with E-state index >= 15 is 0 Å². The minimum absolute atomic E-state index is 0.154. The number of carbonyl (C=O) groups is 1. The van der Waals surface area contributed by atoms with E-state index in [4.69, 9.17) is 4.42 Å². The quantitative estimate of drug-likeness (QED) is 0.504. The van der Waals surface area contributed by atoms with Gasteiger partial charge in [-0.1, -0.05) is 12.1 Å². The molecular formula is C19H11F3O4. The lowest BCUT2D eigenvalue weighted by Crippen LogP contribution is -2.17. The number of carbonyl (C=O) groups excluding carboxylic acids is 1. The van der Waals surface area contributed by atoms with Crippen molar-refractivity contribution < 1.29 is 27.1 Å². The van der Waals surface area contributed by atoms with Gasteiger partial charge in [-0.15, -0.1) is 13.2 Å².